The lowest BCUT2D eigenvalue weighted by Gasteiger charge is -2.13. The second-order valence-corrected chi connectivity index (χ2v) is 3.58. The first-order valence-electron chi connectivity index (χ1n) is 5.36. The van der Waals surface area contributed by atoms with E-state index in [9.17, 15) is 0 Å². The SMILES string of the molecule is C1=C(CCNc2ccccn2)CCOC1. The van der Waals surface area contributed by atoms with Gasteiger partial charge in [-0.25, -0.2) is 4.98 Å². The summed E-state index contributed by atoms with van der Waals surface area (Å²) in [7, 11) is 0. The fraction of sp³-hybridized carbons (Fsp3) is 0.417. The maximum atomic E-state index is 5.26. The molecule has 0 amide bonds. The summed E-state index contributed by atoms with van der Waals surface area (Å²) in [5.74, 6) is 0.949. The maximum Gasteiger partial charge on any atom is 0.125 e. The molecule has 0 saturated heterocycles. The zero-order valence-corrected chi connectivity index (χ0v) is 8.78. The summed E-state index contributed by atoms with van der Waals surface area (Å²) >= 11 is 0. The molecule has 0 fully saturated rings. The van der Waals surface area contributed by atoms with E-state index in [1.165, 1.54) is 5.57 Å². The van der Waals surface area contributed by atoms with Crippen LogP contribution in [0.5, 0.6) is 0 Å². The van der Waals surface area contributed by atoms with Crippen LogP contribution in [0.3, 0.4) is 0 Å². The minimum atomic E-state index is 0.777. The molecule has 2 heterocycles. The van der Waals surface area contributed by atoms with Crippen molar-refractivity contribution in [1.29, 1.82) is 0 Å². The van der Waals surface area contributed by atoms with Gasteiger partial charge in [-0.1, -0.05) is 17.7 Å². The lowest BCUT2D eigenvalue weighted by atomic mass is 10.1. The number of hydrogen-bond acceptors (Lipinski definition) is 3. The first-order chi connectivity index (χ1) is 7.45. The third kappa shape index (κ3) is 3.36. The zero-order chi connectivity index (χ0) is 10.3. The molecule has 0 unspecified atom stereocenters. The standard InChI is InChI=1S/C12H16N2O/c1-2-7-13-12(3-1)14-8-4-11-5-9-15-10-6-11/h1-3,5,7H,4,6,8-10H2,(H,13,14). The van der Waals surface area contributed by atoms with Gasteiger partial charge in [-0.15, -0.1) is 0 Å². The van der Waals surface area contributed by atoms with Gasteiger partial charge < -0.3 is 10.1 Å². The van der Waals surface area contributed by atoms with Gasteiger partial charge in [0.2, 0.25) is 0 Å². The Labute approximate surface area is 90.2 Å². The topological polar surface area (TPSA) is 34.2 Å². The number of rotatable bonds is 4. The van der Waals surface area contributed by atoms with Gasteiger partial charge in [0.05, 0.1) is 13.2 Å². The Morgan fingerprint density at radius 1 is 1.40 bits per heavy atom. The summed E-state index contributed by atoms with van der Waals surface area (Å²) in [6, 6.07) is 5.90. The predicted octanol–water partition coefficient (Wildman–Crippen LogP) is 2.23. The maximum absolute atomic E-state index is 5.26. The molecule has 0 spiro atoms. The number of anilines is 1. The summed E-state index contributed by atoms with van der Waals surface area (Å²) in [4.78, 5) is 4.21. The van der Waals surface area contributed by atoms with Crippen LogP contribution in [0.25, 0.3) is 0 Å². The smallest absolute Gasteiger partial charge is 0.125 e. The van der Waals surface area contributed by atoms with Crippen molar-refractivity contribution in [3.63, 3.8) is 0 Å². The van der Waals surface area contributed by atoms with Crippen molar-refractivity contribution in [2.24, 2.45) is 0 Å². The van der Waals surface area contributed by atoms with Crippen molar-refractivity contribution in [3.8, 4) is 0 Å². The molecule has 0 aliphatic carbocycles. The van der Waals surface area contributed by atoms with Crippen molar-refractivity contribution in [3.05, 3.63) is 36.0 Å². The van der Waals surface area contributed by atoms with Crippen LogP contribution in [0.1, 0.15) is 12.8 Å². The fourth-order valence-corrected chi connectivity index (χ4v) is 1.61. The first-order valence-corrected chi connectivity index (χ1v) is 5.36. The molecule has 1 aliphatic heterocycles. The molecule has 2 rings (SSSR count). The lowest BCUT2D eigenvalue weighted by molar-refractivity contribution is 0.153. The fourth-order valence-electron chi connectivity index (χ4n) is 1.61. The minimum absolute atomic E-state index is 0.777. The molecule has 0 bridgehead atoms. The summed E-state index contributed by atoms with van der Waals surface area (Å²) in [6.07, 6.45) is 6.14. The van der Waals surface area contributed by atoms with E-state index in [1.54, 1.807) is 6.20 Å². The molecular weight excluding hydrogens is 188 g/mol. The molecule has 3 heteroatoms. The molecule has 80 valence electrons. The Morgan fingerprint density at radius 2 is 2.40 bits per heavy atom. The summed E-state index contributed by atoms with van der Waals surface area (Å²) in [5, 5.41) is 3.30. The average molecular weight is 204 g/mol. The molecule has 15 heavy (non-hydrogen) atoms. The first kappa shape index (κ1) is 10.2. The van der Waals surface area contributed by atoms with E-state index in [2.05, 4.69) is 16.4 Å². The minimum Gasteiger partial charge on any atom is -0.377 e. The third-order valence-electron chi connectivity index (χ3n) is 2.47. The number of ether oxygens (including phenoxy) is 1. The molecular formula is C12H16N2O. The van der Waals surface area contributed by atoms with E-state index >= 15 is 0 Å². The van der Waals surface area contributed by atoms with E-state index in [0.29, 0.717) is 0 Å². The van der Waals surface area contributed by atoms with Crippen LogP contribution in [0.4, 0.5) is 5.82 Å². The quantitative estimate of drug-likeness (QED) is 0.764. The van der Waals surface area contributed by atoms with Gasteiger partial charge in [-0.2, -0.15) is 0 Å². The van der Waals surface area contributed by atoms with Crippen molar-refractivity contribution in [2.75, 3.05) is 25.1 Å². The summed E-state index contributed by atoms with van der Waals surface area (Å²) in [6.45, 7) is 2.59. The number of nitrogens with zero attached hydrogens (tertiary/aromatic N) is 1. The predicted molar refractivity (Wildman–Crippen MR) is 60.9 cm³/mol. The van der Waals surface area contributed by atoms with Crippen molar-refractivity contribution < 1.29 is 4.74 Å². The molecule has 1 N–H and O–H groups in total. The number of nitrogens with one attached hydrogen (secondary N) is 1. The van der Waals surface area contributed by atoms with Gasteiger partial charge in [0.25, 0.3) is 0 Å². The van der Waals surface area contributed by atoms with Gasteiger partial charge in [0.1, 0.15) is 5.82 Å². The Bertz CT molecular complexity index is 322. The second-order valence-electron chi connectivity index (χ2n) is 3.58. The van der Waals surface area contributed by atoms with Crippen LogP contribution < -0.4 is 5.32 Å². The number of hydrogen-bond donors (Lipinski definition) is 1. The Kier molecular flexibility index (Phi) is 3.74. The van der Waals surface area contributed by atoms with Crippen molar-refractivity contribution in [1.82, 2.24) is 4.98 Å². The zero-order valence-electron chi connectivity index (χ0n) is 8.78. The Balaban J connectivity index is 1.73. The molecule has 0 aromatic carbocycles. The van der Waals surface area contributed by atoms with Crippen LogP contribution >= 0.6 is 0 Å². The van der Waals surface area contributed by atoms with Gasteiger partial charge in [0, 0.05) is 12.7 Å². The van der Waals surface area contributed by atoms with E-state index in [4.69, 9.17) is 4.74 Å². The van der Waals surface area contributed by atoms with Gasteiger partial charge in [-0.05, 0) is 25.0 Å². The molecule has 0 atom stereocenters. The Hall–Kier alpha value is -1.35. The van der Waals surface area contributed by atoms with Crippen LogP contribution in [-0.2, 0) is 4.74 Å². The molecule has 0 radical (unpaired) electrons. The molecule has 1 aromatic heterocycles. The van der Waals surface area contributed by atoms with E-state index in [-0.39, 0.29) is 0 Å². The molecule has 3 nitrogen and oxygen atoms in total. The number of aromatic nitrogens is 1. The van der Waals surface area contributed by atoms with E-state index in [1.807, 2.05) is 18.2 Å². The highest BCUT2D eigenvalue weighted by Gasteiger charge is 2.02. The van der Waals surface area contributed by atoms with Gasteiger partial charge in [0.15, 0.2) is 0 Å². The summed E-state index contributed by atoms with van der Waals surface area (Å²) < 4.78 is 5.26. The molecule has 1 aliphatic rings. The molecule has 0 saturated carbocycles. The van der Waals surface area contributed by atoms with Crippen LogP contribution in [0, 0.1) is 0 Å². The average Bonchev–Trinajstić information content (AvgIpc) is 2.32. The van der Waals surface area contributed by atoms with Crippen LogP contribution in [-0.4, -0.2) is 24.7 Å². The van der Waals surface area contributed by atoms with E-state index in [0.717, 1.165) is 38.4 Å². The second kappa shape index (κ2) is 5.51. The largest absolute Gasteiger partial charge is 0.377 e. The van der Waals surface area contributed by atoms with Crippen molar-refractivity contribution in [2.45, 2.75) is 12.8 Å². The van der Waals surface area contributed by atoms with Gasteiger partial charge >= 0.3 is 0 Å². The normalized spacial score (nSPS) is 15.9. The van der Waals surface area contributed by atoms with Crippen LogP contribution in [0.15, 0.2) is 36.0 Å². The monoisotopic (exact) mass is 204 g/mol. The van der Waals surface area contributed by atoms with E-state index < -0.39 is 0 Å². The highest BCUT2D eigenvalue weighted by Crippen LogP contribution is 2.11. The third-order valence-corrected chi connectivity index (χ3v) is 2.47. The molecule has 1 aromatic rings. The highest BCUT2D eigenvalue weighted by molar-refractivity contribution is 5.33. The van der Waals surface area contributed by atoms with Gasteiger partial charge in [-0.3, -0.25) is 0 Å². The van der Waals surface area contributed by atoms with Crippen LogP contribution in [0.2, 0.25) is 0 Å². The Morgan fingerprint density at radius 3 is 3.13 bits per heavy atom. The number of pyridine rings is 1. The lowest BCUT2D eigenvalue weighted by Crippen LogP contribution is -2.09. The van der Waals surface area contributed by atoms with Crippen molar-refractivity contribution >= 4 is 5.82 Å². The highest BCUT2D eigenvalue weighted by atomic mass is 16.5. The summed E-state index contributed by atoms with van der Waals surface area (Å²) in [5.41, 5.74) is 1.49.